The fourth-order valence-electron chi connectivity index (χ4n) is 3.17. The van der Waals surface area contributed by atoms with Crippen molar-refractivity contribution >= 4 is 11.9 Å². The van der Waals surface area contributed by atoms with E-state index >= 15 is 0 Å². The van der Waals surface area contributed by atoms with Gasteiger partial charge in [-0.3, -0.25) is 9.59 Å². The summed E-state index contributed by atoms with van der Waals surface area (Å²) >= 11 is 0. The number of carbonyl (C=O) groups is 2. The molecule has 1 saturated heterocycles. The van der Waals surface area contributed by atoms with E-state index in [2.05, 4.69) is 0 Å². The standard InChI is InChI=1S/C19H26FNO4/c1-14(6-7-15-4-2-3-5-17(15)20)19(24)21(11-8-18(22)23)16-9-12-25-13-10-16/h2-5,14,16H,6-13H2,1H3,(H,22,23). The van der Waals surface area contributed by atoms with Gasteiger partial charge in [0.2, 0.25) is 5.91 Å². The number of hydrogen-bond acceptors (Lipinski definition) is 3. The maximum Gasteiger partial charge on any atom is 0.305 e. The number of nitrogens with zero attached hydrogens (tertiary/aromatic N) is 1. The number of ether oxygens (including phenoxy) is 1. The first-order valence-corrected chi connectivity index (χ1v) is 8.82. The van der Waals surface area contributed by atoms with Crippen LogP contribution in [0, 0.1) is 11.7 Å². The van der Waals surface area contributed by atoms with Gasteiger partial charge < -0.3 is 14.7 Å². The minimum Gasteiger partial charge on any atom is -0.481 e. The molecule has 0 radical (unpaired) electrons. The van der Waals surface area contributed by atoms with Crippen LogP contribution in [0.5, 0.6) is 0 Å². The van der Waals surface area contributed by atoms with Gasteiger partial charge in [-0.25, -0.2) is 4.39 Å². The van der Waals surface area contributed by atoms with Gasteiger partial charge in [-0.2, -0.15) is 0 Å². The number of hydrogen-bond donors (Lipinski definition) is 1. The van der Waals surface area contributed by atoms with Crippen molar-refractivity contribution in [1.82, 2.24) is 4.90 Å². The summed E-state index contributed by atoms with van der Waals surface area (Å²) in [5.74, 6) is -1.50. The van der Waals surface area contributed by atoms with Crippen molar-refractivity contribution < 1.29 is 23.8 Å². The second kappa shape index (κ2) is 9.51. The number of aliphatic carboxylic acids is 1. The summed E-state index contributed by atoms with van der Waals surface area (Å²) in [7, 11) is 0. The predicted molar refractivity (Wildman–Crippen MR) is 91.7 cm³/mol. The molecule has 1 aromatic carbocycles. The summed E-state index contributed by atoms with van der Waals surface area (Å²) in [6.07, 6.45) is 2.41. The van der Waals surface area contributed by atoms with Crippen molar-refractivity contribution in [2.24, 2.45) is 5.92 Å². The number of carboxylic acids is 1. The largest absolute Gasteiger partial charge is 0.481 e. The van der Waals surface area contributed by atoms with Crippen molar-refractivity contribution in [2.45, 2.75) is 45.1 Å². The van der Waals surface area contributed by atoms with Crippen LogP contribution in [0.1, 0.15) is 38.2 Å². The zero-order valence-electron chi connectivity index (χ0n) is 14.6. The average molecular weight is 351 g/mol. The lowest BCUT2D eigenvalue weighted by Gasteiger charge is -2.35. The lowest BCUT2D eigenvalue weighted by atomic mass is 9.97. The summed E-state index contributed by atoms with van der Waals surface area (Å²) in [5.41, 5.74) is 0.602. The zero-order chi connectivity index (χ0) is 18.2. The average Bonchev–Trinajstić information content (AvgIpc) is 2.61. The highest BCUT2D eigenvalue weighted by Gasteiger charge is 2.29. The smallest absolute Gasteiger partial charge is 0.305 e. The van der Waals surface area contributed by atoms with Crippen LogP contribution in [0.3, 0.4) is 0 Å². The SMILES string of the molecule is CC(CCc1ccccc1F)C(=O)N(CCC(=O)O)C1CCOCC1. The molecule has 6 heteroatoms. The van der Waals surface area contributed by atoms with Gasteiger partial charge in [-0.05, 0) is 37.3 Å². The first-order chi connectivity index (χ1) is 12.0. The number of aryl methyl sites for hydroxylation is 1. The Morgan fingerprint density at radius 1 is 1.32 bits per heavy atom. The Morgan fingerprint density at radius 2 is 2.00 bits per heavy atom. The van der Waals surface area contributed by atoms with Crippen LogP contribution >= 0.6 is 0 Å². The van der Waals surface area contributed by atoms with Crippen LogP contribution in [-0.2, 0) is 20.7 Å². The van der Waals surface area contributed by atoms with Crippen LogP contribution in [0.15, 0.2) is 24.3 Å². The Morgan fingerprint density at radius 3 is 2.64 bits per heavy atom. The highest BCUT2D eigenvalue weighted by atomic mass is 19.1. The molecule has 1 heterocycles. The quantitative estimate of drug-likeness (QED) is 0.782. The Labute approximate surface area is 147 Å². The first kappa shape index (κ1) is 19.4. The van der Waals surface area contributed by atoms with E-state index in [4.69, 9.17) is 9.84 Å². The number of carboxylic acid groups (broad SMARTS) is 1. The summed E-state index contributed by atoms with van der Waals surface area (Å²) in [6.45, 7) is 3.22. The molecule has 1 atom stereocenters. The van der Waals surface area contributed by atoms with E-state index < -0.39 is 5.97 Å². The van der Waals surface area contributed by atoms with Crippen molar-refractivity contribution in [2.75, 3.05) is 19.8 Å². The van der Waals surface area contributed by atoms with E-state index in [1.807, 2.05) is 6.92 Å². The molecule has 1 fully saturated rings. The van der Waals surface area contributed by atoms with Crippen molar-refractivity contribution in [3.05, 3.63) is 35.6 Å². The second-order valence-electron chi connectivity index (χ2n) is 6.55. The molecule has 1 aliphatic heterocycles. The van der Waals surface area contributed by atoms with Gasteiger partial charge >= 0.3 is 5.97 Å². The van der Waals surface area contributed by atoms with E-state index in [0.29, 0.717) is 31.6 Å². The van der Waals surface area contributed by atoms with Crippen LogP contribution in [-0.4, -0.2) is 47.7 Å². The molecule has 1 N–H and O–H groups in total. The monoisotopic (exact) mass is 351 g/mol. The number of rotatable bonds is 8. The lowest BCUT2D eigenvalue weighted by Crippen LogP contribution is -2.46. The van der Waals surface area contributed by atoms with Gasteiger partial charge in [-0.15, -0.1) is 0 Å². The van der Waals surface area contributed by atoms with E-state index in [1.165, 1.54) is 6.07 Å². The van der Waals surface area contributed by atoms with Crippen molar-refractivity contribution in [1.29, 1.82) is 0 Å². The summed E-state index contributed by atoms with van der Waals surface area (Å²) in [4.78, 5) is 25.5. The Balaban J connectivity index is 1.98. The first-order valence-electron chi connectivity index (χ1n) is 8.82. The Hall–Kier alpha value is -1.95. The van der Waals surface area contributed by atoms with Crippen molar-refractivity contribution in [3.63, 3.8) is 0 Å². The van der Waals surface area contributed by atoms with Crippen LogP contribution < -0.4 is 0 Å². The van der Waals surface area contributed by atoms with E-state index in [9.17, 15) is 14.0 Å². The normalized spacial score (nSPS) is 16.4. The number of amides is 1. The third kappa shape index (κ3) is 5.81. The minimum atomic E-state index is -0.913. The fourth-order valence-corrected chi connectivity index (χ4v) is 3.17. The third-order valence-corrected chi connectivity index (χ3v) is 4.71. The number of halogens is 1. The van der Waals surface area contributed by atoms with E-state index in [-0.39, 0.29) is 36.6 Å². The van der Waals surface area contributed by atoms with Crippen molar-refractivity contribution in [3.8, 4) is 0 Å². The van der Waals surface area contributed by atoms with Gasteiger partial charge in [0, 0.05) is 31.7 Å². The molecule has 1 amide bonds. The fraction of sp³-hybridized carbons (Fsp3) is 0.579. The highest BCUT2D eigenvalue weighted by Crippen LogP contribution is 2.20. The maximum atomic E-state index is 13.7. The third-order valence-electron chi connectivity index (χ3n) is 4.71. The highest BCUT2D eigenvalue weighted by molar-refractivity contribution is 5.79. The molecule has 25 heavy (non-hydrogen) atoms. The summed E-state index contributed by atoms with van der Waals surface area (Å²) < 4.78 is 19.1. The number of benzene rings is 1. The molecule has 5 nitrogen and oxygen atoms in total. The van der Waals surface area contributed by atoms with Crippen LogP contribution in [0.25, 0.3) is 0 Å². The van der Waals surface area contributed by atoms with Gasteiger partial charge in [0.15, 0.2) is 0 Å². The lowest BCUT2D eigenvalue weighted by molar-refractivity contribution is -0.142. The minimum absolute atomic E-state index is 0.0245. The molecule has 0 saturated carbocycles. The molecular weight excluding hydrogens is 325 g/mol. The van der Waals surface area contributed by atoms with Gasteiger partial charge in [0.05, 0.1) is 6.42 Å². The zero-order valence-corrected chi connectivity index (χ0v) is 14.6. The van der Waals surface area contributed by atoms with Crippen LogP contribution in [0.4, 0.5) is 4.39 Å². The topological polar surface area (TPSA) is 66.8 Å². The second-order valence-corrected chi connectivity index (χ2v) is 6.55. The Bertz CT molecular complexity index is 587. The maximum absolute atomic E-state index is 13.7. The molecule has 0 aliphatic carbocycles. The van der Waals surface area contributed by atoms with Gasteiger partial charge in [0.1, 0.15) is 5.82 Å². The van der Waals surface area contributed by atoms with E-state index in [0.717, 1.165) is 12.8 Å². The van der Waals surface area contributed by atoms with Gasteiger partial charge in [-0.1, -0.05) is 25.1 Å². The number of carbonyl (C=O) groups excluding carboxylic acids is 1. The molecular formula is C19H26FNO4. The molecule has 1 aromatic rings. The Kier molecular flexibility index (Phi) is 7.37. The van der Waals surface area contributed by atoms with Crippen LogP contribution in [0.2, 0.25) is 0 Å². The molecule has 138 valence electrons. The summed E-state index contributed by atoms with van der Waals surface area (Å²) in [5, 5.41) is 8.96. The predicted octanol–water partition coefficient (Wildman–Crippen LogP) is 2.88. The van der Waals surface area contributed by atoms with Gasteiger partial charge in [0.25, 0.3) is 0 Å². The molecule has 2 rings (SSSR count). The molecule has 0 bridgehead atoms. The molecule has 1 unspecified atom stereocenters. The summed E-state index contributed by atoms with van der Waals surface area (Å²) in [6, 6.07) is 6.60. The van der Waals surface area contributed by atoms with E-state index in [1.54, 1.807) is 23.1 Å². The molecule has 0 spiro atoms. The molecule has 0 aromatic heterocycles. The molecule has 1 aliphatic rings.